The average Bonchev–Trinajstić information content (AvgIpc) is 2.99. The molecule has 3 aromatic rings. The Morgan fingerprint density at radius 2 is 1.89 bits per heavy atom. The molecule has 0 spiro atoms. The van der Waals surface area contributed by atoms with Crippen LogP contribution in [0.2, 0.25) is 0 Å². The zero-order valence-electron chi connectivity index (χ0n) is 16.3. The number of aliphatic imine (C=N–C) groups is 1. The number of hydrogen-bond acceptors (Lipinski definition) is 4. The van der Waals surface area contributed by atoms with E-state index in [9.17, 15) is 0 Å². The van der Waals surface area contributed by atoms with E-state index >= 15 is 0 Å². The maximum atomic E-state index is 5.91. The molecule has 0 bridgehead atoms. The number of ether oxygens (including phenoxy) is 1. The predicted molar refractivity (Wildman–Crippen MR) is 119 cm³/mol. The first-order valence-electron chi connectivity index (χ1n) is 9.09. The summed E-state index contributed by atoms with van der Waals surface area (Å²) in [6.07, 6.45) is 1.81. The third kappa shape index (κ3) is 4.42. The summed E-state index contributed by atoms with van der Waals surface area (Å²) >= 11 is 11.8. The van der Waals surface area contributed by atoms with Crippen molar-refractivity contribution in [3.63, 3.8) is 0 Å². The molecule has 0 unspecified atom stereocenters. The van der Waals surface area contributed by atoms with Crippen molar-refractivity contribution >= 4 is 51.8 Å². The van der Waals surface area contributed by atoms with Crippen molar-refractivity contribution in [1.82, 2.24) is 9.55 Å². The van der Waals surface area contributed by atoms with Crippen LogP contribution in [-0.2, 0) is 7.05 Å². The van der Waals surface area contributed by atoms with Gasteiger partial charge in [-0.2, -0.15) is 0 Å². The van der Waals surface area contributed by atoms with Crippen LogP contribution in [0.25, 0.3) is 11.0 Å². The van der Waals surface area contributed by atoms with Gasteiger partial charge in [0.15, 0.2) is 0 Å². The van der Waals surface area contributed by atoms with E-state index in [-0.39, 0.29) is 0 Å². The molecule has 0 fully saturated rings. The zero-order chi connectivity index (χ0) is 20.1. The smallest absolute Gasteiger partial charge is 0.129 e. The fourth-order valence-electron chi connectivity index (χ4n) is 3.11. The Morgan fingerprint density at radius 1 is 1.14 bits per heavy atom. The number of nitrogens with zero attached hydrogens (tertiary/aromatic N) is 4. The van der Waals surface area contributed by atoms with Crippen LogP contribution in [-0.4, -0.2) is 47.7 Å². The molecule has 1 heterocycles. The zero-order valence-corrected chi connectivity index (χ0v) is 17.8. The van der Waals surface area contributed by atoms with Crippen LogP contribution in [0.1, 0.15) is 11.4 Å². The van der Waals surface area contributed by atoms with E-state index in [4.69, 9.17) is 27.9 Å². The third-order valence-electron chi connectivity index (χ3n) is 4.73. The topological polar surface area (TPSA) is 42.6 Å². The number of halogens is 2. The van der Waals surface area contributed by atoms with Crippen molar-refractivity contribution in [3.05, 3.63) is 47.8 Å². The molecule has 0 atom stereocenters. The summed E-state index contributed by atoms with van der Waals surface area (Å²) in [7, 11) is 3.67. The number of alkyl halides is 2. The number of fused-ring (bicyclic) bond motifs is 1. The Kier molecular flexibility index (Phi) is 6.81. The quantitative estimate of drug-likeness (QED) is 0.384. The van der Waals surface area contributed by atoms with Crippen molar-refractivity contribution in [2.75, 3.05) is 36.9 Å². The molecule has 2 aromatic carbocycles. The number of methoxy groups -OCH3 is 1. The van der Waals surface area contributed by atoms with Gasteiger partial charge in [0.2, 0.25) is 0 Å². The molecule has 0 aliphatic rings. The van der Waals surface area contributed by atoms with E-state index in [1.54, 1.807) is 7.11 Å². The van der Waals surface area contributed by atoms with E-state index in [2.05, 4.69) is 19.4 Å². The second kappa shape index (κ2) is 9.30. The van der Waals surface area contributed by atoms with Crippen molar-refractivity contribution in [2.45, 2.75) is 6.92 Å². The Balaban J connectivity index is 1.87. The Labute approximate surface area is 175 Å². The highest BCUT2D eigenvalue weighted by Crippen LogP contribution is 2.26. The van der Waals surface area contributed by atoms with Crippen LogP contribution < -0.4 is 9.64 Å². The number of rotatable bonds is 8. The van der Waals surface area contributed by atoms with E-state index in [1.165, 1.54) is 0 Å². The van der Waals surface area contributed by atoms with Gasteiger partial charge in [-0.3, -0.25) is 4.99 Å². The second-order valence-corrected chi connectivity index (χ2v) is 7.20. The number of aryl methyl sites for hydroxylation is 2. The predicted octanol–water partition coefficient (Wildman–Crippen LogP) is 4.92. The molecular formula is C21H24Cl2N4O. The monoisotopic (exact) mass is 418 g/mol. The first-order chi connectivity index (χ1) is 13.6. The van der Waals surface area contributed by atoms with E-state index in [0.717, 1.165) is 52.6 Å². The van der Waals surface area contributed by atoms with Crippen molar-refractivity contribution in [1.29, 1.82) is 0 Å². The number of hydrogen-bond donors (Lipinski definition) is 0. The van der Waals surface area contributed by atoms with Gasteiger partial charge in [0, 0.05) is 55.4 Å². The molecule has 148 valence electrons. The van der Waals surface area contributed by atoms with Gasteiger partial charge in [-0.05, 0) is 37.3 Å². The van der Waals surface area contributed by atoms with Gasteiger partial charge in [0.1, 0.15) is 11.6 Å². The molecule has 1 aromatic heterocycles. The molecule has 0 aliphatic carbocycles. The van der Waals surface area contributed by atoms with Crippen molar-refractivity contribution in [2.24, 2.45) is 12.0 Å². The summed E-state index contributed by atoms with van der Waals surface area (Å²) in [5.74, 6) is 2.81. The first-order valence-corrected chi connectivity index (χ1v) is 10.2. The SMILES string of the molecule is COc1cc(N(CCCl)CCCl)ccc1C=Nc1ccc2c(c1)nc(C)n2C. The van der Waals surface area contributed by atoms with E-state index < -0.39 is 0 Å². The summed E-state index contributed by atoms with van der Waals surface area (Å²) in [5, 5.41) is 0. The molecule has 0 saturated heterocycles. The standard InChI is InChI=1S/C21H24Cl2N4O/c1-15-25-19-12-17(5-7-20(19)26(15)2)24-14-16-4-6-18(13-21(16)28-3)27(10-8-22)11-9-23/h4-7,12-14H,8-11H2,1-3H3. The van der Waals surface area contributed by atoms with Crippen LogP contribution in [0.3, 0.4) is 0 Å². The summed E-state index contributed by atoms with van der Waals surface area (Å²) in [5.41, 5.74) is 4.82. The van der Waals surface area contributed by atoms with Gasteiger partial charge in [-0.15, -0.1) is 23.2 Å². The molecular weight excluding hydrogens is 395 g/mol. The van der Waals surface area contributed by atoms with Gasteiger partial charge >= 0.3 is 0 Å². The minimum atomic E-state index is 0.540. The highest BCUT2D eigenvalue weighted by Gasteiger charge is 2.09. The Hall–Kier alpha value is -2.24. The van der Waals surface area contributed by atoms with Crippen LogP contribution in [0, 0.1) is 6.92 Å². The van der Waals surface area contributed by atoms with Gasteiger partial charge in [-0.25, -0.2) is 4.98 Å². The Bertz CT molecular complexity index is 978. The largest absolute Gasteiger partial charge is 0.496 e. The number of benzene rings is 2. The van der Waals surface area contributed by atoms with Gasteiger partial charge < -0.3 is 14.2 Å². The number of aromatic nitrogens is 2. The number of imidazole rings is 1. The van der Waals surface area contributed by atoms with Crippen molar-refractivity contribution < 1.29 is 4.74 Å². The second-order valence-electron chi connectivity index (χ2n) is 6.44. The van der Waals surface area contributed by atoms with Gasteiger partial charge in [0.25, 0.3) is 0 Å². The van der Waals surface area contributed by atoms with E-state index in [1.807, 2.05) is 56.6 Å². The maximum Gasteiger partial charge on any atom is 0.129 e. The first kappa shape index (κ1) is 20.5. The highest BCUT2D eigenvalue weighted by atomic mass is 35.5. The molecule has 3 rings (SSSR count). The lowest BCUT2D eigenvalue weighted by atomic mass is 10.1. The van der Waals surface area contributed by atoms with Crippen LogP contribution >= 0.6 is 23.2 Å². The molecule has 5 nitrogen and oxygen atoms in total. The normalized spacial score (nSPS) is 11.5. The highest BCUT2D eigenvalue weighted by molar-refractivity contribution is 6.18. The molecule has 0 amide bonds. The van der Waals surface area contributed by atoms with Crippen molar-refractivity contribution in [3.8, 4) is 5.75 Å². The summed E-state index contributed by atoms with van der Waals surface area (Å²) in [4.78, 5) is 11.3. The number of anilines is 1. The fraction of sp³-hybridized carbons (Fsp3) is 0.333. The lowest BCUT2D eigenvalue weighted by molar-refractivity contribution is 0.414. The van der Waals surface area contributed by atoms with Gasteiger partial charge in [0.05, 0.1) is 23.8 Å². The minimum Gasteiger partial charge on any atom is -0.496 e. The fourth-order valence-corrected chi connectivity index (χ4v) is 3.52. The van der Waals surface area contributed by atoms with Crippen LogP contribution in [0.15, 0.2) is 41.4 Å². The summed E-state index contributed by atoms with van der Waals surface area (Å²) < 4.78 is 7.64. The lowest BCUT2D eigenvalue weighted by Crippen LogP contribution is -2.27. The van der Waals surface area contributed by atoms with Crippen LogP contribution in [0.5, 0.6) is 5.75 Å². The molecule has 28 heavy (non-hydrogen) atoms. The molecule has 0 radical (unpaired) electrons. The lowest BCUT2D eigenvalue weighted by Gasteiger charge is -2.23. The molecule has 7 heteroatoms. The third-order valence-corrected chi connectivity index (χ3v) is 5.07. The van der Waals surface area contributed by atoms with Crippen LogP contribution in [0.4, 0.5) is 11.4 Å². The summed E-state index contributed by atoms with van der Waals surface area (Å²) in [6.45, 7) is 3.45. The molecule has 0 aliphatic heterocycles. The van der Waals surface area contributed by atoms with E-state index in [0.29, 0.717) is 11.8 Å². The molecule has 0 saturated carbocycles. The van der Waals surface area contributed by atoms with Gasteiger partial charge in [-0.1, -0.05) is 0 Å². The Morgan fingerprint density at radius 3 is 2.57 bits per heavy atom. The average molecular weight is 419 g/mol. The molecule has 0 N–H and O–H groups in total. The summed E-state index contributed by atoms with van der Waals surface area (Å²) in [6, 6.07) is 12.0. The maximum absolute atomic E-state index is 5.91. The minimum absolute atomic E-state index is 0.540.